The molecular weight excluding hydrogens is 360 g/mol. The fourth-order valence-electron chi connectivity index (χ4n) is 4.63. The van der Waals surface area contributed by atoms with E-state index in [4.69, 9.17) is 4.52 Å². The van der Waals surface area contributed by atoms with E-state index < -0.39 is 5.41 Å². The van der Waals surface area contributed by atoms with Crippen molar-refractivity contribution in [2.24, 2.45) is 18.9 Å². The lowest BCUT2D eigenvalue weighted by Crippen LogP contribution is -2.40. The molecule has 2 aromatic heterocycles. The molecule has 1 aliphatic carbocycles. The molecule has 150 valence electrons. The van der Waals surface area contributed by atoms with Gasteiger partial charge in [0.25, 0.3) is 5.91 Å². The van der Waals surface area contributed by atoms with Crippen LogP contribution in [0.1, 0.15) is 48.9 Å². The SMILES string of the molecule is Cc1noc([C@]23C[C@H](NC(=O)c4cn(C)cn4)CC2CN(C(=O)C(C)C)C3)n1. The van der Waals surface area contributed by atoms with Gasteiger partial charge in [-0.3, -0.25) is 9.59 Å². The second-order valence-electron chi connectivity index (χ2n) is 8.41. The number of rotatable bonds is 4. The summed E-state index contributed by atoms with van der Waals surface area (Å²) >= 11 is 0. The zero-order valence-electron chi connectivity index (χ0n) is 16.7. The predicted octanol–water partition coefficient (Wildman–Crippen LogP) is 1.06. The van der Waals surface area contributed by atoms with Crippen LogP contribution in [0.4, 0.5) is 0 Å². The Kier molecular flexibility index (Phi) is 4.47. The number of hydrogen-bond donors (Lipinski definition) is 1. The number of nitrogens with zero attached hydrogens (tertiary/aromatic N) is 5. The van der Waals surface area contributed by atoms with Gasteiger partial charge in [-0.1, -0.05) is 19.0 Å². The molecule has 2 amide bonds. The highest BCUT2D eigenvalue weighted by atomic mass is 16.5. The molecule has 9 nitrogen and oxygen atoms in total. The van der Waals surface area contributed by atoms with E-state index in [0.717, 1.165) is 6.42 Å². The van der Waals surface area contributed by atoms with Crippen LogP contribution >= 0.6 is 0 Å². The Labute approximate surface area is 163 Å². The first-order valence-corrected chi connectivity index (χ1v) is 9.67. The highest BCUT2D eigenvalue weighted by molar-refractivity contribution is 5.92. The number of imidazole rings is 1. The average molecular weight is 386 g/mol. The number of aromatic nitrogens is 4. The van der Waals surface area contributed by atoms with Gasteiger partial charge in [0.1, 0.15) is 5.69 Å². The topological polar surface area (TPSA) is 106 Å². The standard InChI is InChI=1S/C19H26N6O3/c1-11(2)17(27)25-7-13-5-14(22-16(26)15-8-24(4)10-20-15)6-19(13,9-25)18-21-12(3)23-28-18/h8,10-11,13-14H,5-7,9H2,1-4H3,(H,22,26)/t13?,14-,19+/m1/s1. The summed E-state index contributed by atoms with van der Waals surface area (Å²) in [5, 5.41) is 7.07. The van der Waals surface area contributed by atoms with E-state index in [9.17, 15) is 9.59 Å². The van der Waals surface area contributed by atoms with Crippen molar-refractivity contribution in [3.8, 4) is 0 Å². The van der Waals surface area contributed by atoms with Gasteiger partial charge >= 0.3 is 0 Å². The zero-order chi connectivity index (χ0) is 20.1. The number of nitrogens with one attached hydrogen (secondary N) is 1. The molecule has 2 aromatic rings. The molecule has 4 rings (SSSR count). The minimum Gasteiger partial charge on any atom is -0.348 e. The average Bonchev–Trinajstić information content (AvgIpc) is 3.37. The number of hydrogen-bond acceptors (Lipinski definition) is 6. The maximum Gasteiger partial charge on any atom is 0.271 e. The van der Waals surface area contributed by atoms with Crippen LogP contribution in [-0.2, 0) is 17.3 Å². The zero-order valence-corrected chi connectivity index (χ0v) is 16.7. The Hall–Kier alpha value is -2.71. The Morgan fingerprint density at radius 3 is 2.79 bits per heavy atom. The van der Waals surface area contributed by atoms with Crippen molar-refractivity contribution in [1.82, 2.24) is 29.9 Å². The van der Waals surface area contributed by atoms with E-state index in [1.165, 1.54) is 0 Å². The maximum absolute atomic E-state index is 12.6. The van der Waals surface area contributed by atoms with E-state index in [-0.39, 0.29) is 29.7 Å². The highest BCUT2D eigenvalue weighted by Crippen LogP contribution is 2.50. The number of carbonyl (C=O) groups excluding carboxylic acids is 2. The lowest BCUT2D eigenvalue weighted by Gasteiger charge is -2.26. The Balaban J connectivity index is 1.56. The molecule has 2 aliphatic rings. The first-order valence-electron chi connectivity index (χ1n) is 9.67. The van der Waals surface area contributed by atoms with E-state index in [1.54, 1.807) is 24.0 Å². The van der Waals surface area contributed by atoms with Crippen molar-refractivity contribution in [3.05, 3.63) is 29.9 Å². The maximum atomic E-state index is 12.6. The summed E-state index contributed by atoms with van der Waals surface area (Å²) < 4.78 is 7.30. The summed E-state index contributed by atoms with van der Waals surface area (Å²) in [6.45, 7) is 6.81. The fraction of sp³-hybridized carbons (Fsp3) is 0.632. The summed E-state index contributed by atoms with van der Waals surface area (Å²) in [5.74, 6) is 1.22. The third-order valence-electron chi connectivity index (χ3n) is 5.91. The number of likely N-dealkylation sites (tertiary alicyclic amines) is 1. The largest absolute Gasteiger partial charge is 0.348 e. The molecule has 3 heterocycles. The van der Waals surface area contributed by atoms with Crippen molar-refractivity contribution in [2.75, 3.05) is 13.1 Å². The first-order chi connectivity index (χ1) is 13.3. The summed E-state index contributed by atoms with van der Waals surface area (Å²) in [4.78, 5) is 35.6. The van der Waals surface area contributed by atoms with Crippen molar-refractivity contribution in [2.45, 2.75) is 45.1 Å². The normalized spacial score (nSPS) is 26.7. The van der Waals surface area contributed by atoms with Crippen molar-refractivity contribution >= 4 is 11.8 Å². The Morgan fingerprint density at radius 2 is 2.18 bits per heavy atom. The molecule has 0 radical (unpaired) electrons. The van der Waals surface area contributed by atoms with Gasteiger partial charge in [0.15, 0.2) is 5.82 Å². The summed E-state index contributed by atoms with van der Waals surface area (Å²) in [6.07, 6.45) is 4.74. The fourth-order valence-corrected chi connectivity index (χ4v) is 4.63. The number of carbonyl (C=O) groups is 2. The van der Waals surface area contributed by atoms with Gasteiger partial charge in [-0.15, -0.1) is 0 Å². The molecule has 28 heavy (non-hydrogen) atoms. The van der Waals surface area contributed by atoms with Gasteiger partial charge in [-0.05, 0) is 25.7 Å². The van der Waals surface area contributed by atoms with Crippen molar-refractivity contribution < 1.29 is 14.1 Å². The van der Waals surface area contributed by atoms with Crippen LogP contribution in [0, 0.1) is 18.8 Å². The Morgan fingerprint density at radius 1 is 1.39 bits per heavy atom. The number of amides is 2. The van der Waals surface area contributed by atoms with Crippen molar-refractivity contribution in [1.29, 1.82) is 0 Å². The molecule has 1 saturated carbocycles. The predicted molar refractivity (Wildman–Crippen MR) is 99.3 cm³/mol. The Bertz CT molecular complexity index is 903. The van der Waals surface area contributed by atoms with Gasteiger partial charge in [-0.25, -0.2) is 4.98 Å². The minimum atomic E-state index is -0.409. The van der Waals surface area contributed by atoms with Crippen LogP contribution in [0.15, 0.2) is 17.0 Å². The van der Waals surface area contributed by atoms with Crippen molar-refractivity contribution in [3.63, 3.8) is 0 Å². The number of aryl methyl sites for hydroxylation is 2. The second kappa shape index (κ2) is 6.72. The van der Waals surface area contributed by atoms with Crippen LogP contribution in [-0.4, -0.2) is 55.5 Å². The quantitative estimate of drug-likeness (QED) is 0.842. The molecule has 2 fully saturated rings. The molecule has 1 aliphatic heterocycles. The molecule has 3 atom stereocenters. The molecule has 0 spiro atoms. The van der Waals surface area contributed by atoms with Gasteiger partial charge in [0.05, 0.1) is 11.7 Å². The first kappa shape index (κ1) is 18.6. The monoisotopic (exact) mass is 386 g/mol. The van der Waals surface area contributed by atoms with Crippen LogP contribution in [0.3, 0.4) is 0 Å². The lowest BCUT2D eigenvalue weighted by molar-refractivity contribution is -0.133. The summed E-state index contributed by atoms with van der Waals surface area (Å²) in [6, 6.07) is -0.0250. The second-order valence-corrected chi connectivity index (χ2v) is 8.41. The smallest absolute Gasteiger partial charge is 0.271 e. The van der Waals surface area contributed by atoms with Crippen LogP contribution in [0.2, 0.25) is 0 Å². The summed E-state index contributed by atoms with van der Waals surface area (Å²) in [7, 11) is 1.83. The molecule has 0 aromatic carbocycles. The molecule has 1 unspecified atom stereocenters. The van der Waals surface area contributed by atoms with Gasteiger partial charge in [-0.2, -0.15) is 4.98 Å². The van der Waals surface area contributed by atoms with E-state index in [0.29, 0.717) is 36.9 Å². The molecule has 0 bridgehead atoms. The van der Waals surface area contributed by atoms with E-state index in [2.05, 4.69) is 20.4 Å². The van der Waals surface area contributed by atoms with E-state index >= 15 is 0 Å². The van der Waals surface area contributed by atoms with Gasteiger partial charge < -0.3 is 19.3 Å². The third kappa shape index (κ3) is 3.08. The molecule has 1 saturated heterocycles. The van der Waals surface area contributed by atoms with Crippen LogP contribution < -0.4 is 5.32 Å². The van der Waals surface area contributed by atoms with Gasteiger partial charge in [0, 0.05) is 38.3 Å². The van der Waals surface area contributed by atoms with Crippen LogP contribution in [0.5, 0.6) is 0 Å². The third-order valence-corrected chi connectivity index (χ3v) is 5.91. The molecular formula is C19H26N6O3. The summed E-state index contributed by atoms with van der Waals surface area (Å²) in [5.41, 5.74) is -0.00714. The molecule has 1 N–H and O–H groups in total. The van der Waals surface area contributed by atoms with Crippen LogP contribution in [0.25, 0.3) is 0 Å². The molecule has 9 heteroatoms. The van der Waals surface area contributed by atoms with Gasteiger partial charge in [0.2, 0.25) is 11.8 Å². The minimum absolute atomic E-state index is 0.0250. The lowest BCUT2D eigenvalue weighted by atomic mass is 9.80. The highest BCUT2D eigenvalue weighted by Gasteiger charge is 2.58. The van der Waals surface area contributed by atoms with E-state index in [1.807, 2.05) is 25.8 Å². The number of fused-ring (bicyclic) bond motifs is 1.